The van der Waals surface area contributed by atoms with Crippen molar-refractivity contribution in [2.45, 2.75) is 25.1 Å². The summed E-state index contributed by atoms with van der Waals surface area (Å²) in [6.45, 7) is -0.431. The highest BCUT2D eigenvalue weighted by Gasteiger charge is 2.32. The Hall–Kier alpha value is -2.55. The summed E-state index contributed by atoms with van der Waals surface area (Å²) < 4.78 is 63.8. The molecule has 0 atom stereocenters. The Morgan fingerprint density at radius 1 is 1.11 bits per heavy atom. The molecule has 0 aliphatic carbocycles. The molecule has 28 heavy (non-hydrogen) atoms. The molecule has 1 saturated heterocycles. The first-order valence-corrected chi connectivity index (χ1v) is 8.72. The van der Waals surface area contributed by atoms with E-state index in [2.05, 4.69) is 10.3 Å². The molecule has 2 heterocycles. The van der Waals surface area contributed by atoms with E-state index in [0.29, 0.717) is 18.5 Å². The number of hydrogen-bond donors (Lipinski definition) is 1. The molecule has 1 aromatic carbocycles. The minimum atomic E-state index is -4.23. The Labute approximate surface area is 158 Å². The van der Waals surface area contributed by atoms with Gasteiger partial charge in [-0.15, -0.1) is 0 Å². The SMILES string of the molecule is O=C(NC1CCN(CC(F)(F)F)CC1)c1ccc(-c2cc(F)cc(F)c2)nc1. The number of amides is 1. The van der Waals surface area contributed by atoms with Gasteiger partial charge in [-0.1, -0.05) is 0 Å². The average molecular weight is 399 g/mol. The molecule has 0 spiro atoms. The Morgan fingerprint density at radius 3 is 2.29 bits per heavy atom. The number of piperidine rings is 1. The van der Waals surface area contributed by atoms with Crippen LogP contribution in [0.5, 0.6) is 0 Å². The maximum absolute atomic E-state index is 13.3. The monoisotopic (exact) mass is 399 g/mol. The molecule has 9 heteroatoms. The van der Waals surface area contributed by atoms with Crippen LogP contribution in [0.1, 0.15) is 23.2 Å². The number of carbonyl (C=O) groups is 1. The quantitative estimate of drug-likeness (QED) is 0.796. The summed E-state index contributed by atoms with van der Waals surface area (Å²) >= 11 is 0. The number of carbonyl (C=O) groups excluding carboxylic acids is 1. The lowest BCUT2D eigenvalue weighted by Crippen LogP contribution is -2.47. The van der Waals surface area contributed by atoms with E-state index in [0.717, 1.165) is 18.2 Å². The number of pyridine rings is 1. The van der Waals surface area contributed by atoms with Gasteiger partial charge in [-0.25, -0.2) is 8.78 Å². The molecule has 0 radical (unpaired) electrons. The van der Waals surface area contributed by atoms with E-state index < -0.39 is 30.3 Å². The van der Waals surface area contributed by atoms with Crippen molar-refractivity contribution in [3.05, 3.63) is 53.7 Å². The van der Waals surface area contributed by atoms with Crippen LogP contribution in [0, 0.1) is 11.6 Å². The van der Waals surface area contributed by atoms with Gasteiger partial charge in [0.05, 0.1) is 17.8 Å². The Kier molecular flexibility index (Phi) is 5.93. The number of halogens is 5. The number of benzene rings is 1. The van der Waals surface area contributed by atoms with Gasteiger partial charge in [0.2, 0.25) is 0 Å². The van der Waals surface area contributed by atoms with E-state index in [1.165, 1.54) is 23.2 Å². The first-order chi connectivity index (χ1) is 13.2. The largest absolute Gasteiger partial charge is 0.401 e. The fourth-order valence-electron chi connectivity index (χ4n) is 3.16. The molecule has 0 bridgehead atoms. The van der Waals surface area contributed by atoms with Crippen molar-refractivity contribution in [3.8, 4) is 11.3 Å². The summed E-state index contributed by atoms with van der Waals surface area (Å²) in [6, 6.07) is 5.79. The fourth-order valence-corrected chi connectivity index (χ4v) is 3.16. The highest BCUT2D eigenvalue weighted by atomic mass is 19.4. The zero-order valence-corrected chi connectivity index (χ0v) is 14.8. The molecular weight excluding hydrogens is 381 g/mol. The third kappa shape index (κ3) is 5.48. The Balaban J connectivity index is 1.57. The number of aromatic nitrogens is 1. The zero-order chi connectivity index (χ0) is 20.3. The summed E-state index contributed by atoms with van der Waals surface area (Å²) in [7, 11) is 0. The van der Waals surface area contributed by atoms with E-state index in [4.69, 9.17) is 0 Å². The van der Waals surface area contributed by atoms with Gasteiger partial charge in [-0.05, 0) is 37.1 Å². The number of alkyl halides is 3. The number of nitrogens with zero attached hydrogens (tertiary/aromatic N) is 2. The highest BCUT2D eigenvalue weighted by Crippen LogP contribution is 2.21. The maximum atomic E-state index is 13.3. The molecule has 150 valence electrons. The summed E-state index contributed by atoms with van der Waals surface area (Å²) in [5.74, 6) is -1.84. The van der Waals surface area contributed by atoms with Crippen LogP contribution in [-0.2, 0) is 0 Å². The van der Waals surface area contributed by atoms with Crippen LogP contribution < -0.4 is 5.32 Å². The topological polar surface area (TPSA) is 45.2 Å². The first kappa shape index (κ1) is 20.2. The average Bonchev–Trinajstić information content (AvgIpc) is 2.61. The first-order valence-electron chi connectivity index (χ1n) is 8.72. The van der Waals surface area contributed by atoms with Crippen LogP contribution in [0.15, 0.2) is 36.5 Å². The molecule has 1 aliphatic rings. The van der Waals surface area contributed by atoms with Crippen molar-refractivity contribution in [2.24, 2.45) is 0 Å². The van der Waals surface area contributed by atoms with Gasteiger partial charge < -0.3 is 5.32 Å². The lowest BCUT2D eigenvalue weighted by molar-refractivity contribution is -0.148. The zero-order valence-electron chi connectivity index (χ0n) is 14.8. The standard InChI is InChI=1S/C19H18F5N3O/c20-14-7-13(8-15(21)9-14)17-2-1-12(10-25-17)18(28)26-16-3-5-27(6-4-16)11-19(22,23)24/h1-2,7-10,16H,3-6,11H2,(H,26,28). The van der Waals surface area contributed by atoms with Gasteiger partial charge in [0.25, 0.3) is 5.91 Å². The molecule has 3 rings (SSSR count). The molecule has 4 nitrogen and oxygen atoms in total. The van der Waals surface area contributed by atoms with Gasteiger partial charge >= 0.3 is 6.18 Å². The molecule has 1 aromatic heterocycles. The van der Waals surface area contributed by atoms with Crippen molar-refractivity contribution >= 4 is 5.91 Å². The number of nitrogens with one attached hydrogen (secondary N) is 1. The van der Waals surface area contributed by atoms with Crippen LogP contribution in [0.4, 0.5) is 22.0 Å². The van der Waals surface area contributed by atoms with Crippen LogP contribution >= 0.6 is 0 Å². The predicted molar refractivity (Wildman–Crippen MR) is 92.6 cm³/mol. The lowest BCUT2D eigenvalue weighted by Gasteiger charge is -2.32. The molecule has 1 aliphatic heterocycles. The van der Waals surface area contributed by atoms with Crippen LogP contribution in [0.25, 0.3) is 11.3 Å². The van der Waals surface area contributed by atoms with Crippen LogP contribution in [0.3, 0.4) is 0 Å². The number of likely N-dealkylation sites (tertiary alicyclic amines) is 1. The second-order valence-electron chi connectivity index (χ2n) is 6.73. The molecule has 1 amide bonds. The minimum absolute atomic E-state index is 0.214. The van der Waals surface area contributed by atoms with E-state index in [-0.39, 0.29) is 30.3 Å². The van der Waals surface area contributed by atoms with Crippen molar-refractivity contribution in [3.63, 3.8) is 0 Å². The molecule has 0 unspecified atom stereocenters. The number of rotatable bonds is 4. The van der Waals surface area contributed by atoms with Gasteiger partial charge in [0, 0.05) is 37.0 Å². The summed E-state index contributed by atoms with van der Waals surface area (Å²) in [6.07, 6.45) is -2.08. The van der Waals surface area contributed by atoms with Crippen LogP contribution in [0.2, 0.25) is 0 Å². The van der Waals surface area contributed by atoms with E-state index >= 15 is 0 Å². The van der Waals surface area contributed by atoms with E-state index in [1.54, 1.807) is 0 Å². The fraction of sp³-hybridized carbons (Fsp3) is 0.368. The van der Waals surface area contributed by atoms with Gasteiger partial charge in [-0.2, -0.15) is 13.2 Å². The van der Waals surface area contributed by atoms with Crippen molar-refractivity contribution < 1.29 is 26.7 Å². The smallest absolute Gasteiger partial charge is 0.349 e. The van der Waals surface area contributed by atoms with Gasteiger partial charge in [-0.3, -0.25) is 14.7 Å². The van der Waals surface area contributed by atoms with E-state index in [9.17, 15) is 26.7 Å². The Bertz CT molecular complexity index is 810. The second kappa shape index (κ2) is 8.22. The van der Waals surface area contributed by atoms with Crippen LogP contribution in [-0.4, -0.2) is 47.6 Å². The van der Waals surface area contributed by atoms with Crippen molar-refractivity contribution in [1.82, 2.24) is 15.2 Å². The minimum Gasteiger partial charge on any atom is -0.349 e. The second-order valence-corrected chi connectivity index (χ2v) is 6.73. The molecule has 1 fully saturated rings. The third-order valence-corrected chi connectivity index (χ3v) is 4.51. The molecular formula is C19H18F5N3O. The molecule has 1 N–H and O–H groups in total. The summed E-state index contributed by atoms with van der Waals surface area (Å²) in [5, 5.41) is 2.79. The van der Waals surface area contributed by atoms with Crippen molar-refractivity contribution in [1.29, 1.82) is 0 Å². The maximum Gasteiger partial charge on any atom is 0.401 e. The summed E-state index contributed by atoms with van der Waals surface area (Å²) in [5.41, 5.74) is 0.829. The molecule has 2 aromatic rings. The predicted octanol–water partition coefficient (Wildman–Crippen LogP) is 3.78. The third-order valence-electron chi connectivity index (χ3n) is 4.51. The normalized spacial score (nSPS) is 16.2. The summed E-state index contributed by atoms with van der Waals surface area (Å²) in [4.78, 5) is 17.7. The Morgan fingerprint density at radius 2 is 1.75 bits per heavy atom. The van der Waals surface area contributed by atoms with Gasteiger partial charge in [0.1, 0.15) is 11.6 Å². The lowest BCUT2D eigenvalue weighted by atomic mass is 10.0. The molecule has 0 saturated carbocycles. The van der Waals surface area contributed by atoms with Gasteiger partial charge in [0.15, 0.2) is 0 Å². The number of hydrogen-bond acceptors (Lipinski definition) is 3. The van der Waals surface area contributed by atoms with E-state index in [1.807, 2.05) is 0 Å². The van der Waals surface area contributed by atoms with Crippen molar-refractivity contribution in [2.75, 3.05) is 19.6 Å². The highest BCUT2D eigenvalue weighted by molar-refractivity contribution is 5.94.